The lowest BCUT2D eigenvalue weighted by Gasteiger charge is -2.18. The third kappa shape index (κ3) is 5.28. The molecule has 0 amide bonds. The summed E-state index contributed by atoms with van der Waals surface area (Å²) >= 11 is 1.77. The van der Waals surface area contributed by atoms with E-state index in [2.05, 4.69) is 36.5 Å². The molecule has 1 N–H and O–H groups in total. The fraction of sp³-hybridized carbons (Fsp3) is 0.750. The monoisotopic (exact) mass is 226 g/mol. The molecule has 0 aliphatic rings. The van der Waals surface area contributed by atoms with Gasteiger partial charge in [0.1, 0.15) is 0 Å². The van der Waals surface area contributed by atoms with Crippen LogP contribution in [0.15, 0.2) is 11.6 Å². The third-order valence-corrected chi connectivity index (χ3v) is 3.24. The first kappa shape index (κ1) is 12.7. The first-order valence-electron chi connectivity index (χ1n) is 5.81. The van der Waals surface area contributed by atoms with Crippen molar-refractivity contribution in [1.82, 2.24) is 10.3 Å². The fourth-order valence-corrected chi connectivity index (χ4v) is 2.59. The average molecular weight is 226 g/mol. The number of nitrogens with zero attached hydrogens (tertiary/aromatic N) is 1. The van der Waals surface area contributed by atoms with E-state index in [1.165, 1.54) is 11.4 Å². The Kier molecular flexibility index (Phi) is 5.88. The quantitative estimate of drug-likeness (QED) is 0.773. The maximum atomic E-state index is 4.36. The van der Waals surface area contributed by atoms with Gasteiger partial charge in [-0.15, -0.1) is 11.3 Å². The third-order valence-electron chi connectivity index (χ3n) is 2.43. The van der Waals surface area contributed by atoms with Gasteiger partial charge in [0.2, 0.25) is 0 Å². The molecule has 1 unspecified atom stereocenters. The highest BCUT2D eigenvalue weighted by molar-refractivity contribution is 7.09. The minimum absolute atomic E-state index is 0.732. The number of hydrogen-bond acceptors (Lipinski definition) is 3. The second-order valence-corrected chi connectivity index (χ2v) is 5.41. The molecule has 0 bridgehead atoms. The molecule has 2 nitrogen and oxygen atoms in total. The molecular weight excluding hydrogens is 204 g/mol. The highest BCUT2D eigenvalue weighted by atomic mass is 32.1. The summed E-state index contributed by atoms with van der Waals surface area (Å²) in [7, 11) is 0. The molecule has 1 aromatic rings. The van der Waals surface area contributed by atoms with Crippen LogP contribution in [0.25, 0.3) is 0 Å². The van der Waals surface area contributed by atoms with Gasteiger partial charge < -0.3 is 5.32 Å². The Hall–Kier alpha value is -0.410. The summed E-state index contributed by atoms with van der Waals surface area (Å²) in [5, 5.41) is 6.78. The van der Waals surface area contributed by atoms with E-state index in [1.807, 2.05) is 6.20 Å². The van der Waals surface area contributed by atoms with Gasteiger partial charge in [-0.25, -0.2) is 4.98 Å². The van der Waals surface area contributed by atoms with Crippen molar-refractivity contribution in [3.63, 3.8) is 0 Å². The first-order chi connectivity index (χ1) is 7.22. The van der Waals surface area contributed by atoms with Crippen molar-refractivity contribution >= 4 is 11.3 Å². The van der Waals surface area contributed by atoms with Crippen molar-refractivity contribution in [3.8, 4) is 0 Å². The summed E-state index contributed by atoms with van der Waals surface area (Å²) in [6.45, 7) is 8.93. The molecule has 1 aromatic heterocycles. The smallest absolute Gasteiger partial charge is 0.0928 e. The second-order valence-electron chi connectivity index (χ2n) is 4.43. The average Bonchev–Trinajstić information content (AvgIpc) is 2.66. The SMILES string of the molecule is CCNCC(Cc1nccs1)CC(C)C. The Morgan fingerprint density at radius 1 is 1.47 bits per heavy atom. The van der Waals surface area contributed by atoms with Crippen LogP contribution in [-0.4, -0.2) is 18.1 Å². The van der Waals surface area contributed by atoms with E-state index >= 15 is 0 Å². The lowest BCUT2D eigenvalue weighted by molar-refractivity contribution is 0.388. The Labute approximate surface area is 97.1 Å². The van der Waals surface area contributed by atoms with Gasteiger partial charge in [0.25, 0.3) is 0 Å². The molecule has 0 fully saturated rings. The molecule has 0 saturated carbocycles. The number of thiazole rings is 1. The summed E-state index contributed by atoms with van der Waals surface area (Å²) in [5.74, 6) is 1.50. The van der Waals surface area contributed by atoms with Gasteiger partial charge in [0, 0.05) is 18.0 Å². The minimum atomic E-state index is 0.732. The second kappa shape index (κ2) is 6.96. The Balaban J connectivity index is 2.41. The topological polar surface area (TPSA) is 24.9 Å². The minimum Gasteiger partial charge on any atom is -0.317 e. The van der Waals surface area contributed by atoms with E-state index in [1.54, 1.807) is 11.3 Å². The number of rotatable bonds is 7. The van der Waals surface area contributed by atoms with Crippen LogP contribution in [0.2, 0.25) is 0 Å². The lowest BCUT2D eigenvalue weighted by atomic mass is 9.94. The molecule has 0 aliphatic carbocycles. The van der Waals surface area contributed by atoms with E-state index < -0.39 is 0 Å². The molecule has 0 spiro atoms. The van der Waals surface area contributed by atoms with E-state index in [4.69, 9.17) is 0 Å². The van der Waals surface area contributed by atoms with Crippen molar-refractivity contribution in [3.05, 3.63) is 16.6 Å². The van der Waals surface area contributed by atoms with Crippen molar-refractivity contribution in [2.75, 3.05) is 13.1 Å². The maximum absolute atomic E-state index is 4.36. The van der Waals surface area contributed by atoms with Gasteiger partial charge in [-0.3, -0.25) is 0 Å². The summed E-state index contributed by atoms with van der Waals surface area (Å²) in [4.78, 5) is 4.36. The summed E-state index contributed by atoms with van der Waals surface area (Å²) < 4.78 is 0. The lowest BCUT2D eigenvalue weighted by Crippen LogP contribution is -2.25. The molecule has 1 atom stereocenters. The first-order valence-corrected chi connectivity index (χ1v) is 6.69. The molecule has 0 radical (unpaired) electrons. The van der Waals surface area contributed by atoms with Gasteiger partial charge in [-0.2, -0.15) is 0 Å². The van der Waals surface area contributed by atoms with Crippen molar-refractivity contribution in [2.45, 2.75) is 33.6 Å². The van der Waals surface area contributed by atoms with Gasteiger partial charge in [-0.1, -0.05) is 20.8 Å². The molecule has 15 heavy (non-hydrogen) atoms. The summed E-state index contributed by atoms with van der Waals surface area (Å²) in [6.07, 6.45) is 4.31. The van der Waals surface area contributed by atoms with Gasteiger partial charge in [-0.05, 0) is 31.3 Å². The zero-order chi connectivity index (χ0) is 11.1. The molecule has 86 valence electrons. The largest absolute Gasteiger partial charge is 0.317 e. The van der Waals surface area contributed by atoms with Crippen LogP contribution in [0, 0.1) is 11.8 Å². The predicted molar refractivity (Wildman–Crippen MR) is 67.3 cm³/mol. The van der Waals surface area contributed by atoms with E-state index in [0.717, 1.165) is 31.3 Å². The zero-order valence-corrected chi connectivity index (χ0v) is 10.8. The molecule has 0 saturated heterocycles. The fourth-order valence-electron chi connectivity index (χ4n) is 1.85. The molecular formula is C12H22N2S. The van der Waals surface area contributed by atoms with Crippen molar-refractivity contribution in [2.24, 2.45) is 11.8 Å². The van der Waals surface area contributed by atoms with Crippen LogP contribution in [0.1, 0.15) is 32.2 Å². The van der Waals surface area contributed by atoms with Gasteiger partial charge in [0.05, 0.1) is 5.01 Å². The number of nitrogens with one attached hydrogen (secondary N) is 1. The van der Waals surface area contributed by atoms with Crippen molar-refractivity contribution in [1.29, 1.82) is 0 Å². The normalized spacial score (nSPS) is 13.3. The van der Waals surface area contributed by atoms with Crippen molar-refractivity contribution < 1.29 is 0 Å². The number of aromatic nitrogens is 1. The van der Waals surface area contributed by atoms with Crippen LogP contribution in [0.4, 0.5) is 0 Å². The molecule has 1 heterocycles. The Morgan fingerprint density at radius 2 is 2.27 bits per heavy atom. The van der Waals surface area contributed by atoms with E-state index in [9.17, 15) is 0 Å². The molecule has 0 aliphatic heterocycles. The predicted octanol–water partition coefficient (Wildman–Crippen LogP) is 2.96. The van der Waals surface area contributed by atoms with Crippen LogP contribution >= 0.6 is 11.3 Å². The summed E-state index contributed by atoms with van der Waals surface area (Å²) in [6, 6.07) is 0. The van der Waals surface area contributed by atoms with Crippen LogP contribution < -0.4 is 5.32 Å². The molecule has 3 heteroatoms. The van der Waals surface area contributed by atoms with E-state index in [0.29, 0.717) is 0 Å². The van der Waals surface area contributed by atoms with Crippen LogP contribution in [-0.2, 0) is 6.42 Å². The Bertz CT molecular complexity index is 244. The van der Waals surface area contributed by atoms with Crippen LogP contribution in [0.5, 0.6) is 0 Å². The summed E-state index contributed by atoms with van der Waals surface area (Å²) in [5.41, 5.74) is 0. The molecule has 1 rings (SSSR count). The Morgan fingerprint density at radius 3 is 2.80 bits per heavy atom. The van der Waals surface area contributed by atoms with Crippen LogP contribution in [0.3, 0.4) is 0 Å². The standard InChI is InChI=1S/C12H22N2S/c1-4-13-9-11(7-10(2)3)8-12-14-5-6-15-12/h5-6,10-11,13H,4,7-9H2,1-3H3. The zero-order valence-electron chi connectivity index (χ0n) is 9.99. The van der Waals surface area contributed by atoms with Gasteiger partial charge >= 0.3 is 0 Å². The molecule has 0 aromatic carbocycles. The van der Waals surface area contributed by atoms with Gasteiger partial charge in [0.15, 0.2) is 0 Å². The number of hydrogen-bond donors (Lipinski definition) is 1. The maximum Gasteiger partial charge on any atom is 0.0928 e. The highest BCUT2D eigenvalue weighted by Crippen LogP contribution is 2.18. The van der Waals surface area contributed by atoms with E-state index in [-0.39, 0.29) is 0 Å². The highest BCUT2D eigenvalue weighted by Gasteiger charge is 2.12.